The molecule has 1 aliphatic carbocycles. The average Bonchev–Trinajstić information content (AvgIpc) is 2.98. The Morgan fingerprint density at radius 2 is 1.92 bits per heavy atom. The molecular formula is C21H30ClN3O. The lowest BCUT2D eigenvalue weighted by molar-refractivity contribution is -0.123. The third-order valence-electron chi connectivity index (χ3n) is 6.54. The van der Waals surface area contributed by atoms with Crippen molar-refractivity contribution in [2.24, 2.45) is 11.8 Å². The number of piperazine rings is 1. The summed E-state index contributed by atoms with van der Waals surface area (Å²) >= 11 is 6.11. The van der Waals surface area contributed by atoms with Gasteiger partial charge in [-0.3, -0.25) is 9.69 Å². The number of nitrogens with zero attached hydrogens (tertiary/aromatic N) is 2. The molecule has 1 aromatic carbocycles. The monoisotopic (exact) mass is 375 g/mol. The number of halogens is 1. The van der Waals surface area contributed by atoms with Crippen LogP contribution in [0.15, 0.2) is 24.3 Å². The highest BCUT2D eigenvalue weighted by molar-refractivity contribution is 6.30. The van der Waals surface area contributed by atoms with Crippen molar-refractivity contribution in [1.29, 1.82) is 0 Å². The standard InChI is InChI=1S/C21H30ClN3O/c22-16-5-3-6-17(15-16)25-13-11-24(12-14-25)10-4-8-19-18-7-1-2-9-20(18)23-21(19)26/h3,5-6,15,18-20H,1-2,4,7-14H2,(H,23,26)/t18-,19?,20+/m0/s1. The van der Waals surface area contributed by atoms with Gasteiger partial charge in [-0.25, -0.2) is 0 Å². The molecule has 1 aromatic rings. The molecule has 5 heteroatoms. The molecule has 3 fully saturated rings. The molecule has 142 valence electrons. The molecule has 0 spiro atoms. The fourth-order valence-electron chi connectivity index (χ4n) is 5.09. The van der Waals surface area contributed by atoms with E-state index in [0.717, 1.165) is 50.6 Å². The number of carbonyl (C=O) groups excluding carboxylic acids is 1. The third kappa shape index (κ3) is 4.01. The number of nitrogens with one attached hydrogen (secondary N) is 1. The van der Waals surface area contributed by atoms with Crippen LogP contribution in [0.3, 0.4) is 0 Å². The Morgan fingerprint density at radius 1 is 1.12 bits per heavy atom. The van der Waals surface area contributed by atoms with Gasteiger partial charge >= 0.3 is 0 Å². The molecule has 0 radical (unpaired) electrons. The van der Waals surface area contributed by atoms with Gasteiger partial charge in [0.25, 0.3) is 0 Å². The summed E-state index contributed by atoms with van der Waals surface area (Å²) < 4.78 is 0. The number of rotatable bonds is 5. The first-order valence-electron chi connectivity index (χ1n) is 10.2. The van der Waals surface area contributed by atoms with Gasteiger partial charge in [-0.2, -0.15) is 0 Å². The molecule has 1 saturated carbocycles. The van der Waals surface area contributed by atoms with Crippen molar-refractivity contribution in [3.05, 3.63) is 29.3 Å². The molecule has 4 rings (SSSR count). The second kappa shape index (κ2) is 8.18. The van der Waals surface area contributed by atoms with E-state index in [-0.39, 0.29) is 5.92 Å². The molecule has 0 aromatic heterocycles. The third-order valence-corrected chi connectivity index (χ3v) is 6.77. The summed E-state index contributed by atoms with van der Waals surface area (Å²) in [5.74, 6) is 1.21. The SMILES string of the molecule is O=C1N[C@@H]2CCCC[C@H]2C1CCCN1CCN(c2cccc(Cl)c2)CC1. The van der Waals surface area contributed by atoms with Crippen molar-refractivity contribution in [3.8, 4) is 0 Å². The first kappa shape index (κ1) is 18.1. The van der Waals surface area contributed by atoms with Crippen LogP contribution in [0.25, 0.3) is 0 Å². The van der Waals surface area contributed by atoms with Crippen LogP contribution >= 0.6 is 11.6 Å². The summed E-state index contributed by atoms with van der Waals surface area (Å²) in [6.45, 7) is 5.40. The maximum absolute atomic E-state index is 12.3. The van der Waals surface area contributed by atoms with E-state index < -0.39 is 0 Å². The van der Waals surface area contributed by atoms with Crippen molar-refractivity contribution in [2.45, 2.75) is 44.6 Å². The van der Waals surface area contributed by atoms with Crippen LogP contribution in [0.4, 0.5) is 5.69 Å². The van der Waals surface area contributed by atoms with E-state index in [9.17, 15) is 4.79 Å². The zero-order valence-corrected chi connectivity index (χ0v) is 16.3. The van der Waals surface area contributed by atoms with E-state index >= 15 is 0 Å². The lowest BCUT2D eigenvalue weighted by atomic mass is 9.78. The van der Waals surface area contributed by atoms with Crippen molar-refractivity contribution in [1.82, 2.24) is 10.2 Å². The van der Waals surface area contributed by atoms with Gasteiger partial charge in [0.2, 0.25) is 5.91 Å². The van der Waals surface area contributed by atoms with Gasteiger partial charge in [0, 0.05) is 48.8 Å². The maximum Gasteiger partial charge on any atom is 0.223 e. The number of fused-ring (bicyclic) bond motifs is 1. The molecule has 1 N–H and O–H groups in total. The van der Waals surface area contributed by atoms with Crippen LogP contribution in [0, 0.1) is 11.8 Å². The van der Waals surface area contributed by atoms with E-state index in [1.54, 1.807) is 0 Å². The van der Waals surface area contributed by atoms with Crippen molar-refractivity contribution in [3.63, 3.8) is 0 Å². The Morgan fingerprint density at radius 3 is 2.73 bits per heavy atom. The molecule has 26 heavy (non-hydrogen) atoms. The molecule has 3 aliphatic rings. The topological polar surface area (TPSA) is 35.6 Å². The van der Waals surface area contributed by atoms with Gasteiger partial charge < -0.3 is 10.2 Å². The lowest BCUT2D eigenvalue weighted by Crippen LogP contribution is -2.46. The predicted molar refractivity (Wildman–Crippen MR) is 107 cm³/mol. The molecule has 4 nitrogen and oxygen atoms in total. The summed E-state index contributed by atoms with van der Waals surface area (Å²) in [4.78, 5) is 17.3. The minimum absolute atomic E-state index is 0.271. The predicted octanol–water partition coefficient (Wildman–Crippen LogP) is 3.55. The smallest absolute Gasteiger partial charge is 0.223 e. The number of benzene rings is 1. The fourth-order valence-corrected chi connectivity index (χ4v) is 5.27. The van der Waals surface area contributed by atoms with Gasteiger partial charge in [0.05, 0.1) is 0 Å². The van der Waals surface area contributed by atoms with Gasteiger partial charge in [-0.15, -0.1) is 0 Å². The summed E-state index contributed by atoms with van der Waals surface area (Å²) in [6, 6.07) is 8.62. The van der Waals surface area contributed by atoms with Crippen molar-refractivity contribution in [2.75, 3.05) is 37.6 Å². The van der Waals surface area contributed by atoms with Gasteiger partial charge in [0.15, 0.2) is 0 Å². The second-order valence-electron chi connectivity index (χ2n) is 8.12. The van der Waals surface area contributed by atoms with Gasteiger partial charge in [-0.05, 0) is 56.3 Å². The van der Waals surface area contributed by atoms with Gasteiger partial charge in [0.1, 0.15) is 0 Å². The van der Waals surface area contributed by atoms with Crippen LogP contribution in [-0.4, -0.2) is 49.6 Å². The summed E-state index contributed by atoms with van der Waals surface area (Å²) in [7, 11) is 0. The van der Waals surface area contributed by atoms with E-state index in [0.29, 0.717) is 17.9 Å². The van der Waals surface area contributed by atoms with E-state index in [2.05, 4.69) is 27.2 Å². The van der Waals surface area contributed by atoms with Crippen LogP contribution in [0.5, 0.6) is 0 Å². The largest absolute Gasteiger partial charge is 0.369 e. The molecular weight excluding hydrogens is 346 g/mol. The fraction of sp³-hybridized carbons (Fsp3) is 0.667. The summed E-state index contributed by atoms with van der Waals surface area (Å²) in [5, 5.41) is 4.06. The highest BCUT2D eigenvalue weighted by Crippen LogP contribution is 2.37. The minimum atomic E-state index is 0.271. The Hall–Kier alpha value is -1.26. The molecule has 1 amide bonds. The quantitative estimate of drug-likeness (QED) is 0.854. The minimum Gasteiger partial charge on any atom is -0.369 e. The van der Waals surface area contributed by atoms with Gasteiger partial charge in [-0.1, -0.05) is 30.5 Å². The Balaban J connectivity index is 1.21. The molecule has 2 heterocycles. The lowest BCUT2D eigenvalue weighted by Gasteiger charge is -2.36. The van der Waals surface area contributed by atoms with Crippen LogP contribution in [0.1, 0.15) is 38.5 Å². The molecule has 2 aliphatic heterocycles. The summed E-state index contributed by atoms with van der Waals surface area (Å²) in [5.41, 5.74) is 1.23. The van der Waals surface area contributed by atoms with Crippen LogP contribution in [-0.2, 0) is 4.79 Å². The molecule has 0 bridgehead atoms. The van der Waals surface area contributed by atoms with Crippen LogP contribution < -0.4 is 10.2 Å². The Bertz CT molecular complexity index is 629. The second-order valence-corrected chi connectivity index (χ2v) is 8.56. The highest BCUT2D eigenvalue weighted by atomic mass is 35.5. The zero-order valence-electron chi connectivity index (χ0n) is 15.5. The number of hydrogen-bond donors (Lipinski definition) is 1. The Labute approximate surface area is 161 Å². The number of anilines is 1. The Kier molecular flexibility index (Phi) is 5.70. The van der Waals surface area contributed by atoms with E-state index in [4.69, 9.17) is 11.6 Å². The number of amides is 1. The normalized spacial score (nSPS) is 29.5. The average molecular weight is 376 g/mol. The zero-order chi connectivity index (χ0) is 17.9. The first-order chi connectivity index (χ1) is 12.7. The van der Waals surface area contributed by atoms with Crippen molar-refractivity contribution < 1.29 is 4.79 Å². The van der Waals surface area contributed by atoms with E-state index in [1.807, 2.05) is 12.1 Å². The number of hydrogen-bond acceptors (Lipinski definition) is 3. The molecule has 2 saturated heterocycles. The first-order valence-corrected chi connectivity index (χ1v) is 10.6. The number of carbonyl (C=O) groups is 1. The molecule has 3 atom stereocenters. The highest BCUT2D eigenvalue weighted by Gasteiger charge is 2.42. The van der Waals surface area contributed by atoms with Crippen molar-refractivity contribution >= 4 is 23.2 Å². The summed E-state index contributed by atoms with van der Waals surface area (Å²) in [6.07, 6.45) is 7.22. The van der Waals surface area contributed by atoms with E-state index in [1.165, 1.54) is 31.4 Å². The maximum atomic E-state index is 12.3. The van der Waals surface area contributed by atoms with Crippen LogP contribution in [0.2, 0.25) is 5.02 Å². The molecule has 1 unspecified atom stereocenters.